The van der Waals surface area contributed by atoms with E-state index in [1.165, 1.54) is 0 Å². The third-order valence-corrected chi connectivity index (χ3v) is 5.89. The first kappa shape index (κ1) is 32.1. The van der Waals surface area contributed by atoms with Crippen molar-refractivity contribution in [1.29, 1.82) is 0 Å². The molecule has 2 N–H and O–H groups in total. The fraction of sp³-hybridized carbons (Fsp3) is 0.294. The maximum absolute atomic E-state index is 8.70. The van der Waals surface area contributed by atoms with Gasteiger partial charge in [0.25, 0.3) is 0 Å². The van der Waals surface area contributed by atoms with Gasteiger partial charge in [-0.15, -0.1) is 0 Å². The summed E-state index contributed by atoms with van der Waals surface area (Å²) in [6.45, 7) is 1.81. The topological polar surface area (TPSA) is 108 Å². The van der Waals surface area contributed by atoms with E-state index >= 15 is 0 Å². The molecule has 4 aromatic rings. The maximum Gasteiger partial charge on any atom is 0.119 e. The first-order valence-corrected chi connectivity index (χ1v) is 14.4. The van der Waals surface area contributed by atoms with E-state index in [4.69, 9.17) is 19.7 Å². The van der Waals surface area contributed by atoms with Crippen molar-refractivity contribution < 1.29 is 19.7 Å². The van der Waals surface area contributed by atoms with Gasteiger partial charge in [0.05, 0.1) is 36.0 Å². The highest BCUT2D eigenvalue weighted by Gasteiger charge is 1.97. The lowest BCUT2D eigenvalue weighted by molar-refractivity contribution is 0.253. The molecule has 4 aromatic carbocycles. The number of azo groups is 2. The van der Waals surface area contributed by atoms with Crippen LogP contribution in [0.4, 0.5) is 22.7 Å². The Bertz CT molecular complexity index is 1280. The molecule has 0 saturated carbocycles. The summed E-state index contributed by atoms with van der Waals surface area (Å²) in [5.74, 6) is 1.66. The monoisotopic (exact) mass is 568 g/mol. The molecule has 0 amide bonds. The van der Waals surface area contributed by atoms with Crippen LogP contribution in [0.25, 0.3) is 0 Å². The molecule has 4 rings (SSSR count). The molecule has 8 heteroatoms. The van der Waals surface area contributed by atoms with E-state index in [1.807, 2.05) is 109 Å². The van der Waals surface area contributed by atoms with Gasteiger partial charge < -0.3 is 19.7 Å². The summed E-state index contributed by atoms with van der Waals surface area (Å²) in [5, 5.41) is 34.1. The first-order valence-electron chi connectivity index (χ1n) is 14.4. The summed E-state index contributed by atoms with van der Waals surface area (Å²) in [6.07, 6.45) is 5.65. The molecule has 0 aliphatic rings. The zero-order chi connectivity index (χ0) is 29.5. The third-order valence-electron chi connectivity index (χ3n) is 5.89. The van der Waals surface area contributed by atoms with Crippen molar-refractivity contribution in [2.24, 2.45) is 20.5 Å². The molecular weight excluding hydrogens is 528 g/mol. The number of hydrogen-bond donors (Lipinski definition) is 2. The van der Waals surface area contributed by atoms with E-state index in [2.05, 4.69) is 20.5 Å². The van der Waals surface area contributed by atoms with E-state index in [1.54, 1.807) is 0 Å². The number of hydrogen-bond acceptors (Lipinski definition) is 8. The van der Waals surface area contributed by atoms with Gasteiger partial charge in [0, 0.05) is 13.2 Å². The third kappa shape index (κ3) is 13.8. The van der Waals surface area contributed by atoms with Crippen molar-refractivity contribution in [2.45, 2.75) is 38.5 Å². The minimum Gasteiger partial charge on any atom is -0.494 e. The molecule has 0 radical (unpaired) electrons. The average Bonchev–Trinajstić information content (AvgIpc) is 3.05. The molecule has 0 atom stereocenters. The van der Waals surface area contributed by atoms with Crippen LogP contribution in [0.15, 0.2) is 130 Å². The zero-order valence-electron chi connectivity index (χ0n) is 24.0. The van der Waals surface area contributed by atoms with Crippen molar-refractivity contribution in [3.05, 3.63) is 109 Å². The molecule has 0 aliphatic heterocycles. The predicted octanol–water partition coefficient (Wildman–Crippen LogP) is 9.29. The molecule has 0 unspecified atom stereocenters. The highest BCUT2D eigenvalue weighted by molar-refractivity contribution is 5.43. The lowest BCUT2D eigenvalue weighted by Crippen LogP contribution is -1.98. The van der Waals surface area contributed by atoms with Crippen LogP contribution in [-0.2, 0) is 0 Å². The summed E-state index contributed by atoms with van der Waals surface area (Å²) >= 11 is 0. The Hall–Kier alpha value is -4.40. The van der Waals surface area contributed by atoms with Gasteiger partial charge in [-0.2, -0.15) is 20.5 Å². The minimum absolute atomic E-state index is 0.210. The van der Waals surface area contributed by atoms with Gasteiger partial charge in [-0.3, -0.25) is 0 Å². The van der Waals surface area contributed by atoms with Gasteiger partial charge in [0.15, 0.2) is 0 Å². The van der Waals surface area contributed by atoms with Crippen molar-refractivity contribution in [3.63, 3.8) is 0 Å². The number of unbranched alkanes of at least 4 members (excludes halogenated alkanes) is 4. The van der Waals surface area contributed by atoms with E-state index in [-0.39, 0.29) is 13.2 Å². The Morgan fingerprint density at radius 2 is 0.714 bits per heavy atom. The van der Waals surface area contributed by atoms with Crippen LogP contribution in [-0.4, -0.2) is 36.6 Å². The summed E-state index contributed by atoms with van der Waals surface area (Å²) in [6, 6.07) is 34.4. The Morgan fingerprint density at radius 3 is 1.12 bits per heavy atom. The Kier molecular flexibility index (Phi) is 15.7. The molecule has 0 saturated heterocycles. The fourth-order valence-electron chi connectivity index (χ4n) is 3.60. The number of nitrogens with zero attached hydrogens (tertiary/aromatic N) is 4. The summed E-state index contributed by atoms with van der Waals surface area (Å²) in [5.41, 5.74) is 3.26. The van der Waals surface area contributed by atoms with Crippen molar-refractivity contribution in [2.75, 3.05) is 26.4 Å². The lowest BCUT2D eigenvalue weighted by atomic mass is 10.2. The number of ether oxygens (including phenoxy) is 2. The van der Waals surface area contributed by atoms with Gasteiger partial charge in [0.1, 0.15) is 11.5 Å². The lowest BCUT2D eigenvalue weighted by Gasteiger charge is -2.05. The number of aliphatic hydroxyl groups is 2. The fourth-order valence-corrected chi connectivity index (χ4v) is 3.60. The van der Waals surface area contributed by atoms with Crippen molar-refractivity contribution in [1.82, 2.24) is 0 Å². The molecular formula is C34H40N4O4. The van der Waals surface area contributed by atoms with Crippen LogP contribution >= 0.6 is 0 Å². The van der Waals surface area contributed by atoms with Crippen LogP contribution in [0.3, 0.4) is 0 Å². The number of aliphatic hydroxyl groups excluding tert-OH is 2. The molecule has 0 fully saturated rings. The van der Waals surface area contributed by atoms with Crippen LogP contribution in [0.2, 0.25) is 0 Å². The summed E-state index contributed by atoms with van der Waals surface area (Å²) < 4.78 is 11.2. The molecule has 220 valence electrons. The average molecular weight is 569 g/mol. The highest BCUT2D eigenvalue weighted by Crippen LogP contribution is 2.22. The molecule has 8 nitrogen and oxygen atoms in total. The molecule has 0 aliphatic carbocycles. The van der Waals surface area contributed by atoms with Crippen LogP contribution in [0, 0.1) is 0 Å². The van der Waals surface area contributed by atoms with Crippen LogP contribution in [0.1, 0.15) is 38.5 Å². The predicted molar refractivity (Wildman–Crippen MR) is 167 cm³/mol. The Balaban J connectivity index is 0.000000231. The van der Waals surface area contributed by atoms with Crippen molar-refractivity contribution >= 4 is 22.7 Å². The molecule has 0 spiro atoms. The summed E-state index contributed by atoms with van der Waals surface area (Å²) in [7, 11) is 0. The standard InChI is InChI=1S/C18H22N2O2.C16H18N2O2/c21-14-6-1-2-7-15-22-18-12-10-17(11-13-18)20-19-16-8-4-3-5-9-16;19-12-4-5-13-20-16-10-8-15(9-11-16)18-17-14-6-2-1-3-7-14/h3-5,8-13,21H,1-2,6-7,14-15H2;1-3,6-11,19H,4-5,12-13H2. The Labute approximate surface area is 248 Å². The second-order valence-electron chi connectivity index (χ2n) is 9.32. The second-order valence-corrected chi connectivity index (χ2v) is 9.32. The smallest absolute Gasteiger partial charge is 0.119 e. The van der Waals surface area contributed by atoms with Crippen LogP contribution in [0.5, 0.6) is 11.5 Å². The van der Waals surface area contributed by atoms with E-state index in [9.17, 15) is 0 Å². The normalized spacial score (nSPS) is 10.9. The molecule has 0 bridgehead atoms. The second kappa shape index (κ2) is 20.5. The SMILES string of the molecule is OCCCCCCOc1ccc(N=Nc2ccccc2)cc1.OCCCCOc1ccc(N=Nc2ccccc2)cc1. The first-order chi connectivity index (χ1) is 20.8. The maximum atomic E-state index is 8.70. The van der Waals surface area contributed by atoms with Gasteiger partial charge in [-0.1, -0.05) is 42.8 Å². The minimum atomic E-state index is 0.210. The van der Waals surface area contributed by atoms with Crippen LogP contribution < -0.4 is 9.47 Å². The van der Waals surface area contributed by atoms with E-state index in [0.717, 1.165) is 72.8 Å². The van der Waals surface area contributed by atoms with Gasteiger partial charge >= 0.3 is 0 Å². The molecule has 0 aromatic heterocycles. The largest absolute Gasteiger partial charge is 0.494 e. The number of benzene rings is 4. The molecule has 42 heavy (non-hydrogen) atoms. The Morgan fingerprint density at radius 1 is 0.381 bits per heavy atom. The quantitative estimate of drug-likeness (QED) is 0.104. The van der Waals surface area contributed by atoms with Gasteiger partial charge in [-0.05, 0) is 105 Å². The number of rotatable bonds is 16. The zero-order valence-corrected chi connectivity index (χ0v) is 24.0. The van der Waals surface area contributed by atoms with E-state index in [0.29, 0.717) is 13.2 Å². The van der Waals surface area contributed by atoms with Gasteiger partial charge in [-0.25, -0.2) is 0 Å². The molecule has 0 heterocycles. The summed E-state index contributed by atoms with van der Waals surface area (Å²) in [4.78, 5) is 0. The highest BCUT2D eigenvalue weighted by atomic mass is 16.5. The van der Waals surface area contributed by atoms with Crippen molar-refractivity contribution in [3.8, 4) is 11.5 Å². The van der Waals surface area contributed by atoms with E-state index < -0.39 is 0 Å². The van der Waals surface area contributed by atoms with Gasteiger partial charge in [0.2, 0.25) is 0 Å².